The lowest BCUT2D eigenvalue weighted by Gasteiger charge is -2.07. The maximum Gasteiger partial charge on any atom is 0.336 e. The zero-order valence-corrected chi connectivity index (χ0v) is 12.0. The molecule has 0 fully saturated rings. The van der Waals surface area contributed by atoms with Gasteiger partial charge in [0.1, 0.15) is 0 Å². The third-order valence-corrected chi connectivity index (χ3v) is 4.29. The Morgan fingerprint density at radius 1 is 1.37 bits per heavy atom. The number of amides is 1. The molecule has 0 aromatic heterocycles. The van der Waals surface area contributed by atoms with Gasteiger partial charge in [-0.25, -0.2) is 17.9 Å². The molecular weight excluding hydrogens is 340 g/mol. The van der Waals surface area contributed by atoms with Gasteiger partial charge >= 0.3 is 5.97 Å². The van der Waals surface area contributed by atoms with Gasteiger partial charge in [0.05, 0.1) is 10.5 Å². The standard InChI is InChI=1S/C10H11BrN2O5S/c11-8-2-1-6(5-7(8)10(15)16)19(17,18)13-4-3-9(12)14/h1-2,5,13H,3-4H2,(H2,12,14)(H,15,16). The van der Waals surface area contributed by atoms with Crippen molar-refractivity contribution in [3.05, 3.63) is 28.2 Å². The van der Waals surface area contributed by atoms with Gasteiger partial charge in [0.2, 0.25) is 15.9 Å². The molecule has 1 amide bonds. The van der Waals surface area contributed by atoms with Crippen molar-refractivity contribution >= 4 is 37.8 Å². The fourth-order valence-electron chi connectivity index (χ4n) is 1.23. The number of rotatable bonds is 6. The van der Waals surface area contributed by atoms with Crippen LogP contribution in [0.25, 0.3) is 0 Å². The first-order chi connectivity index (χ1) is 8.74. The highest BCUT2D eigenvalue weighted by Crippen LogP contribution is 2.20. The number of nitrogens with two attached hydrogens (primary N) is 1. The smallest absolute Gasteiger partial charge is 0.336 e. The van der Waals surface area contributed by atoms with Crippen LogP contribution in [0.1, 0.15) is 16.8 Å². The molecule has 0 atom stereocenters. The molecule has 9 heteroatoms. The van der Waals surface area contributed by atoms with Gasteiger partial charge in [-0.2, -0.15) is 0 Å². The summed E-state index contributed by atoms with van der Waals surface area (Å²) in [5.41, 5.74) is 4.72. The molecule has 0 bridgehead atoms. The van der Waals surface area contributed by atoms with E-state index in [4.69, 9.17) is 10.8 Å². The fraction of sp³-hybridized carbons (Fsp3) is 0.200. The maximum atomic E-state index is 11.8. The lowest BCUT2D eigenvalue weighted by molar-refractivity contribution is -0.117. The molecule has 0 saturated heterocycles. The van der Waals surface area contributed by atoms with E-state index in [0.29, 0.717) is 0 Å². The van der Waals surface area contributed by atoms with Gasteiger partial charge in [-0.3, -0.25) is 4.79 Å². The summed E-state index contributed by atoms with van der Waals surface area (Å²) in [6.45, 7) is -0.143. The van der Waals surface area contributed by atoms with Crippen LogP contribution in [0.3, 0.4) is 0 Å². The highest BCUT2D eigenvalue weighted by Gasteiger charge is 2.17. The second kappa shape index (κ2) is 6.13. The van der Waals surface area contributed by atoms with Gasteiger partial charge in [0.15, 0.2) is 0 Å². The number of carbonyl (C=O) groups is 2. The van der Waals surface area contributed by atoms with E-state index in [-0.39, 0.29) is 27.9 Å². The summed E-state index contributed by atoms with van der Waals surface area (Å²) in [7, 11) is -3.87. The summed E-state index contributed by atoms with van der Waals surface area (Å²) < 4.78 is 26.1. The van der Waals surface area contributed by atoms with Crippen LogP contribution in [0.15, 0.2) is 27.6 Å². The number of benzene rings is 1. The van der Waals surface area contributed by atoms with Gasteiger partial charge in [0.25, 0.3) is 0 Å². The van der Waals surface area contributed by atoms with E-state index >= 15 is 0 Å². The van der Waals surface area contributed by atoms with Crippen molar-refractivity contribution in [3.63, 3.8) is 0 Å². The van der Waals surface area contributed by atoms with Crippen LogP contribution in [0.5, 0.6) is 0 Å². The largest absolute Gasteiger partial charge is 0.478 e. The number of carbonyl (C=O) groups excluding carboxylic acids is 1. The SMILES string of the molecule is NC(=O)CCNS(=O)(=O)c1ccc(Br)c(C(=O)O)c1. The van der Waals surface area contributed by atoms with Crippen LogP contribution in [0.2, 0.25) is 0 Å². The number of carboxylic acids is 1. The van der Waals surface area contributed by atoms with Crippen molar-refractivity contribution in [2.45, 2.75) is 11.3 Å². The van der Waals surface area contributed by atoms with Crippen LogP contribution < -0.4 is 10.5 Å². The normalized spacial score (nSPS) is 11.2. The Morgan fingerprint density at radius 2 is 2.00 bits per heavy atom. The summed E-state index contributed by atoms with van der Waals surface area (Å²) in [6.07, 6.45) is -0.137. The van der Waals surface area contributed by atoms with E-state index in [1.165, 1.54) is 12.1 Å². The maximum absolute atomic E-state index is 11.8. The van der Waals surface area contributed by atoms with Crippen LogP contribution in [-0.2, 0) is 14.8 Å². The molecule has 0 unspecified atom stereocenters. The molecule has 0 aliphatic rings. The number of hydrogen-bond acceptors (Lipinski definition) is 4. The summed E-state index contributed by atoms with van der Waals surface area (Å²) in [6, 6.07) is 3.61. The van der Waals surface area contributed by atoms with Gasteiger partial charge in [-0.15, -0.1) is 0 Å². The van der Waals surface area contributed by atoms with Crippen molar-refractivity contribution in [3.8, 4) is 0 Å². The molecule has 0 heterocycles. The van der Waals surface area contributed by atoms with Crippen molar-refractivity contribution in [2.75, 3.05) is 6.54 Å². The van der Waals surface area contributed by atoms with Gasteiger partial charge in [0, 0.05) is 17.4 Å². The molecule has 7 nitrogen and oxygen atoms in total. The van der Waals surface area contributed by atoms with E-state index in [0.717, 1.165) is 6.07 Å². The first-order valence-electron chi connectivity index (χ1n) is 5.05. The summed E-state index contributed by atoms with van der Waals surface area (Å²) >= 11 is 3.01. The molecule has 0 aliphatic carbocycles. The van der Waals surface area contributed by atoms with Gasteiger partial charge in [-0.1, -0.05) is 0 Å². The lowest BCUT2D eigenvalue weighted by Crippen LogP contribution is -2.28. The van der Waals surface area contributed by atoms with Crippen LogP contribution >= 0.6 is 15.9 Å². The third-order valence-electron chi connectivity index (χ3n) is 2.14. The molecule has 1 aromatic carbocycles. The Kier molecular flexibility index (Phi) is 5.04. The quantitative estimate of drug-likeness (QED) is 0.679. The summed E-state index contributed by atoms with van der Waals surface area (Å²) in [4.78, 5) is 21.2. The monoisotopic (exact) mass is 350 g/mol. The Morgan fingerprint density at radius 3 is 2.53 bits per heavy atom. The van der Waals surface area contributed by atoms with Crippen molar-refractivity contribution in [2.24, 2.45) is 5.73 Å². The van der Waals surface area contributed by atoms with Crippen molar-refractivity contribution < 1.29 is 23.1 Å². The highest BCUT2D eigenvalue weighted by molar-refractivity contribution is 9.10. The Balaban J connectivity index is 2.99. The van der Waals surface area contributed by atoms with Gasteiger partial charge < -0.3 is 10.8 Å². The number of aromatic carboxylic acids is 1. The predicted molar refractivity (Wildman–Crippen MR) is 70.1 cm³/mol. The van der Waals surface area contributed by atoms with E-state index < -0.39 is 21.9 Å². The van der Waals surface area contributed by atoms with E-state index in [1.54, 1.807) is 0 Å². The van der Waals surface area contributed by atoms with Gasteiger partial charge in [-0.05, 0) is 34.1 Å². The Labute approximate surface area is 118 Å². The molecule has 0 saturated carbocycles. The van der Waals surface area contributed by atoms with E-state index in [1.807, 2.05) is 0 Å². The Bertz CT molecular complexity index is 614. The van der Waals surface area contributed by atoms with Crippen molar-refractivity contribution in [1.29, 1.82) is 0 Å². The zero-order valence-electron chi connectivity index (χ0n) is 9.59. The summed E-state index contributed by atoms with van der Waals surface area (Å²) in [5.74, 6) is -1.88. The predicted octanol–water partition coefficient (Wildman–Crippen LogP) is 0.301. The molecule has 19 heavy (non-hydrogen) atoms. The molecular formula is C10H11BrN2O5S. The minimum atomic E-state index is -3.87. The molecule has 1 aromatic rings. The second-order valence-electron chi connectivity index (χ2n) is 3.56. The molecule has 0 spiro atoms. The average molecular weight is 351 g/mol. The number of halogens is 1. The highest BCUT2D eigenvalue weighted by atomic mass is 79.9. The van der Waals surface area contributed by atoms with Crippen molar-refractivity contribution in [1.82, 2.24) is 4.72 Å². The molecule has 0 aliphatic heterocycles. The Hall–Kier alpha value is -1.45. The number of nitrogens with one attached hydrogen (secondary N) is 1. The minimum Gasteiger partial charge on any atom is -0.478 e. The molecule has 4 N–H and O–H groups in total. The fourth-order valence-corrected chi connectivity index (χ4v) is 2.70. The zero-order chi connectivity index (χ0) is 14.6. The number of primary amides is 1. The lowest BCUT2D eigenvalue weighted by atomic mass is 10.2. The van der Waals surface area contributed by atoms with Crippen LogP contribution in [0.4, 0.5) is 0 Å². The minimum absolute atomic E-state index is 0.137. The third kappa shape index (κ3) is 4.30. The molecule has 1 rings (SSSR count). The first-order valence-corrected chi connectivity index (χ1v) is 7.32. The number of hydrogen-bond donors (Lipinski definition) is 3. The van der Waals surface area contributed by atoms with Crippen LogP contribution in [-0.4, -0.2) is 31.9 Å². The average Bonchev–Trinajstić information content (AvgIpc) is 2.27. The summed E-state index contributed by atoms with van der Waals surface area (Å²) in [5, 5.41) is 8.90. The van der Waals surface area contributed by atoms with Crippen LogP contribution in [0, 0.1) is 0 Å². The first kappa shape index (κ1) is 15.6. The topological polar surface area (TPSA) is 127 Å². The number of sulfonamides is 1. The molecule has 104 valence electrons. The number of carboxylic acid groups (broad SMARTS) is 1. The van der Waals surface area contributed by atoms with E-state index in [2.05, 4.69) is 20.7 Å². The molecule has 0 radical (unpaired) electrons. The van der Waals surface area contributed by atoms with E-state index in [9.17, 15) is 18.0 Å². The second-order valence-corrected chi connectivity index (χ2v) is 6.18.